The normalized spacial score (nSPS) is 24.8. The van der Waals surface area contributed by atoms with E-state index in [4.69, 9.17) is 4.74 Å². The zero-order valence-corrected chi connectivity index (χ0v) is 17.1. The summed E-state index contributed by atoms with van der Waals surface area (Å²) in [5.41, 5.74) is 0.356. The number of carbonyl (C=O) groups is 1. The molecule has 7 heteroatoms. The molecular formula is C23H25FN4O2. The standard InChI is InChI=1S/C23H25FN4O2/c1-3-19-20(13-26-15(2)27-19)30-14-23(16-7-6-8-17(24)11-16)12-18(23)22(29)28-21-9-4-5-10-25-21/h4-10,13,16,18H,3,11-12,14H2,1-2H3,(H,25,28,29)/t16?,18-,23+/m0/s1. The van der Waals surface area contributed by atoms with Crippen molar-refractivity contribution in [3.8, 4) is 5.75 Å². The van der Waals surface area contributed by atoms with Gasteiger partial charge in [0.05, 0.1) is 18.5 Å². The van der Waals surface area contributed by atoms with Gasteiger partial charge in [-0.3, -0.25) is 4.79 Å². The molecule has 1 amide bonds. The molecule has 6 nitrogen and oxygen atoms in total. The van der Waals surface area contributed by atoms with E-state index < -0.39 is 5.41 Å². The largest absolute Gasteiger partial charge is 0.489 e. The molecule has 156 valence electrons. The van der Waals surface area contributed by atoms with E-state index in [1.165, 1.54) is 6.08 Å². The fourth-order valence-electron chi connectivity index (χ4n) is 4.13. The van der Waals surface area contributed by atoms with Crippen molar-refractivity contribution in [2.75, 3.05) is 11.9 Å². The summed E-state index contributed by atoms with van der Waals surface area (Å²) in [5.74, 6) is 1.14. The molecule has 0 spiro atoms. The first kappa shape index (κ1) is 20.2. The van der Waals surface area contributed by atoms with E-state index >= 15 is 0 Å². The van der Waals surface area contributed by atoms with Crippen molar-refractivity contribution in [1.29, 1.82) is 0 Å². The predicted octanol–water partition coefficient (Wildman–Crippen LogP) is 4.20. The predicted molar refractivity (Wildman–Crippen MR) is 111 cm³/mol. The lowest BCUT2D eigenvalue weighted by molar-refractivity contribution is -0.118. The molecule has 0 saturated heterocycles. The highest BCUT2D eigenvalue weighted by Gasteiger charge is 2.62. The van der Waals surface area contributed by atoms with Crippen LogP contribution in [0.15, 0.2) is 54.6 Å². The molecule has 2 aliphatic carbocycles. The SMILES string of the molecule is CCc1nc(C)ncc1OC[C@@]1(C2C=CC=C(F)C2)C[C@H]1C(=O)Nc1ccccn1. The van der Waals surface area contributed by atoms with Gasteiger partial charge in [-0.25, -0.2) is 19.3 Å². The number of aryl methyl sites for hydroxylation is 2. The Balaban J connectivity index is 1.53. The third-order valence-electron chi connectivity index (χ3n) is 5.91. The fraction of sp³-hybridized carbons (Fsp3) is 0.391. The molecule has 1 fully saturated rings. The number of aromatic nitrogens is 3. The highest BCUT2D eigenvalue weighted by molar-refractivity contribution is 5.94. The highest BCUT2D eigenvalue weighted by Crippen LogP contribution is 2.60. The van der Waals surface area contributed by atoms with E-state index in [0.29, 0.717) is 30.4 Å². The minimum absolute atomic E-state index is 0.113. The maximum absolute atomic E-state index is 14.0. The van der Waals surface area contributed by atoms with Gasteiger partial charge in [0, 0.05) is 24.0 Å². The highest BCUT2D eigenvalue weighted by atomic mass is 19.1. The van der Waals surface area contributed by atoms with Crippen molar-refractivity contribution in [3.63, 3.8) is 0 Å². The molecule has 0 aromatic carbocycles. The molecule has 3 atom stereocenters. The van der Waals surface area contributed by atoms with Gasteiger partial charge in [-0.2, -0.15) is 0 Å². The van der Waals surface area contributed by atoms with Gasteiger partial charge in [-0.1, -0.05) is 25.1 Å². The summed E-state index contributed by atoms with van der Waals surface area (Å²) in [7, 11) is 0. The number of anilines is 1. The molecule has 0 aliphatic heterocycles. The number of pyridine rings is 1. The summed E-state index contributed by atoms with van der Waals surface area (Å²) in [5, 5.41) is 2.87. The number of nitrogens with zero attached hydrogens (tertiary/aromatic N) is 3. The second-order valence-electron chi connectivity index (χ2n) is 7.87. The van der Waals surface area contributed by atoms with Crippen molar-refractivity contribution < 1.29 is 13.9 Å². The molecule has 30 heavy (non-hydrogen) atoms. The molecule has 2 aromatic heterocycles. The summed E-state index contributed by atoms with van der Waals surface area (Å²) in [6.45, 7) is 4.15. The number of nitrogens with one attached hydrogen (secondary N) is 1. The number of rotatable bonds is 7. The lowest BCUT2D eigenvalue weighted by Crippen LogP contribution is -2.30. The van der Waals surface area contributed by atoms with Gasteiger partial charge in [0.1, 0.15) is 17.5 Å². The van der Waals surface area contributed by atoms with Crippen molar-refractivity contribution >= 4 is 11.7 Å². The number of halogens is 1. The van der Waals surface area contributed by atoms with Crippen LogP contribution in [0.25, 0.3) is 0 Å². The van der Waals surface area contributed by atoms with Crippen LogP contribution in [0.5, 0.6) is 5.75 Å². The van der Waals surface area contributed by atoms with Gasteiger partial charge in [0.25, 0.3) is 0 Å². The molecular weight excluding hydrogens is 383 g/mol. The van der Waals surface area contributed by atoms with E-state index in [1.54, 1.807) is 30.6 Å². The number of ether oxygens (including phenoxy) is 1. The molecule has 1 N–H and O–H groups in total. The lowest BCUT2D eigenvalue weighted by Gasteiger charge is -2.27. The summed E-state index contributed by atoms with van der Waals surface area (Å²) in [6, 6.07) is 5.36. The average molecular weight is 408 g/mol. The number of carbonyl (C=O) groups excluding carboxylic acids is 1. The third-order valence-corrected chi connectivity index (χ3v) is 5.91. The Hall–Kier alpha value is -3.09. The first-order valence-electron chi connectivity index (χ1n) is 10.2. The topological polar surface area (TPSA) is 77.0 Å². The van der Waals surface area contributed by atoms with Crippen LogP contribution in [0.1, 0.15) is 31.3 Å². The van der Waals surface area contributed by atoms with E-state index in [0.717, 1.165) is 12.1 Å². The molecule has 0 radical (unpaired) electrons. The van der Waals surface area contributed by atoms with Gasteiger partial charge in [-0.05, 0) is 43.9 Å². The average Bonchev–Trinajstić information content (AvgIpc) is 3.50. The second kappa shape index (κ2) is 8.34. The first-order valence-corrected chi connectivity index (χ1v) is 10.2. The van der Waals surface area contributed by atoms with Crippen LogP contribution in [0.2, 0.25) is 0 Å². The molecule has 1 unspecified atom stereocenters. The molecule has 2 aliphatic rings. The van der Waals surface area contributed by atoms with Crippen LogP contribution in [0, 0.1) is 24.2 Å². The Morgan fingerprint density at radius 2 is 2.23 bits per heavy atom. The van der Waals surface area contributed by atoms with Gasteiger partial charge < -0.3 is 10.1 Å². The summed E-state index contributed by atoms with van der Waals surface area (Å²) < 4.78 is 20.2. The second-order valence-corrected chi connectivity index (χ2v) is 7.87. The van der Waals surface area contributed by atoms with Gasteiger partial charge >= 0.3 is 0 Å². The maximum atomic E-state index is 14.0. The first-order chi connectivity index (χ1) is 14.5. The zero-order chi connectivity index (χ0) is 21.1. The number of amides is 1. The third kappa shape index (κ3) is 4.10. The van der Waals surface area contributed by atoms with Crippen molar-refractivity contribution in [2.45, 2.75) is 33.1 Å². The van der Waals surface area contributed by atoms with Crippen LogP contribution in [0.3, 0.4) is 0 Å². The molecule has 0 bridgehead atoms. The van der Waals surface area contributed by atoms with Crippen LogP contribution >= 0.6 is 0 Å². The Labute approximate surface area is 175 Å². The summed E-state index contributed by atoms with van der Waals surface area (Å²) >= 11 is 0. The van der Waals surface area contributed by atoms with Crippen molar-refractivity contribution in [3.05, 3.63) is 66.2 Å². The zero-order valence-electron chi connectivity index (χ0n) is 17.1. The number of hydrogen-bond acceptors (Lipinski definition) is 5. The summed E-state index contributed by atoms with van der Waals surface area (Å²) in [6.07, 6.45) is 10.1. The maximum Gasteiger partial charge on any atom is 0.229 e. The Kier molecular flexibility index (Phi) is 5.61. The van der Waals surface area contributed by atoms with Gasteiger partial charge in [-0.15, -0.1) is 0 Å². The van der Waals surface area contributed by atoms with E-state index in [1.807, 2.05) is 26.0 Å². The minimum Gasteiger partial charge on any atom is -0.489 e. The Bertz CT molecular complexity index is 992. The van der Waals surface area contributed by atoms with Crippen LogP contribution < -0.4 is 10.1 Å². The monoisotopic (exact) mass is 408 g/mol. The number of hydrogen-bond donors (Lipinski definition) is 1. The van der Waals surface area contributed by atoms with Crippen LogP contribution in [-0.2, 0) is 11.2 Å². The molecule has 1 saturated carbocycles. The van der Waals surface area contributed by atoms with Gasteiger partial charge in [0.15, 0.2) is 5.75 Å². The number of allylic oxidation sites excluding steroid dienone is 4. The van der Waals surface area contributed by atoms with E-state index in [9.17, 15) is 9.18 Å². The van der Waals surface area contributed by atoms with E-state index in [2.05, 4.69) is 20.3 Å². The quantitative estimate of drug-likeness (QED) is 0.743. The van der Waals surface area contributed by atoms with Crippen LogP contribution in [0.4, 0.5) is 10.2 Å². The molecule has 2 aromatic rings. The van der Waals surface area contributed by atoms with Crippen molar-refractivity contribution in [2.24, 2.45) is 17.3 Å². The minimum atomic E-state index is -0.475. The Morgan fingerprint density at radius 3 is 2.97 bits per heavy atom. The van der Waals surface area contributed by atoms with Crippen molar-refractivity contribution in [1.82, 2.24) is 15.0 Å². The molecule has 2 heterocycles. The van der Waals surface area contributed by atoms with Gasteiger partial charge in [0.2, 0.25) is 5.91 Å². The molecule has 4 rings (SSSR count). The van der Waals surface area contributed by atoms with Crippen LogP contribution in [-0.4, -0.2) is 27.5 Å². The smallest absolute Gasteiger partial charge is 0.229 e. The summed E-state index contributed by atoms with van der Waals surface area (Å²) in [4.78, 5) is 25.8. The Morgan fingerprint density at radius 1 is 1.37 bits per heavy atom. The lowest BCUT2D eigenvalue weighted by atomic mass is 9.82. The van der Waals surface area contributed by atoms with E-state index in [-0.39, 0.29) is 30.0 Å². The fourth-order valence-corrected chi connectivity index (χ4v) is 4.13.